The average Bonchev–Trinajstić information content (AvgIpc) is 2.72. The number of rotatable bonds is 3. The van der Waals surface area contributed by atoms with Crippen LogP contribution < -0.4 is 0 Å². The van der Waals surface area contributed by atoms with Crippen molar-refractivity contribution >= 4 is 5.97 Å². The molecule has 0 amide bonds. The van der Waals surface area contributed by atoms with Crippen LogP contribution in [0.5, 0.6) is 0 Å². The van der Waals surface area contributed by atoms with Gasteiger partial charge >= 0.3 is 5.97 Å². The molecule has 0 spiro atoms. The van der Waals surface area contributed by atoms with Gasteiger partial charge in [0, 0.05) is 12.3 Å². The highest BCUT2D eigenvalue weighted by Gasteiger charge is 2.17. The maximum Gasteiger partial charge on any atom is 0.357 e. The topological polar surface area (TPSA) is 69.9 Å². The van der Waals surface area contributed by atoms with Gasteiger partial charge in [0.25, 0.3) is 0 Å². The van der Waals surface area contributed by atoms with Crippen molar-refractivity contribution in [3.05, 3.63) is 35.5 Å². The van der Waals surface area contributed by atoms with Gasteiger partial charge < -0.3 is 4.74 Å². The van der Waals surface area contributed by atoms with E-state index in [-0.39, 0.29) is 0 Å². The van der Waals surface area contributed by atoms with Gasteiger partial charge in [0.05, 0.1) is 12.3 Å². The molecule has 0 saturated heterocycles. The average molecular weight is 246 g/mol. The SMILES string of the molecule is CCOC(=O)c1cc(C)nn1-c1ccnc(C)n1. The zero-order chi connectivity index (χ0) is 13.1. The van der Waals surface area contributed by atoms with E-state index in [0.29, 0.717) is 23.9 Å². The predicted molar refractivity (Wildman–Crippen MR) is 64.6 cm³/mol. The van der Waals surface area contributed by atoms with Crippen LogP contribution in [0.1, 0.15) is 28.9 Å². The third-order valence-electron chi connectivity index (χ3n) is 2.29. The number of esters is 1. The van der Waals surface area contributed by atoms with Gasteiger partial charge in [-0.1, -0.05) is 0 Å². The van der Waals surface area contributed by atoms with E-state index in [1.165, 1.54) is 4.68 Å². The van der Waals surface area contributed by atoms with Crippen molar-refractivity contribution < 1.29 is 9.53 Å². The first-order chi connectivity index (χ1) is 8.61. The molecule has 6 nitrogen and oxygen atoms in total. The second-order valence-electron chi connectivity index (χ2n) is 3.77. The second kappa shape index (κ2) is 4.95. The molecule has 0 atom stereocenters. The first kappa shape index (κ1) is 12.2. The first-order valence-corrected chi connectivity index (χ1v) is 5.65. The number of aryl methyl sites for hydroxylation is 2. The molecular formula is C12H14N4O2. The Morgan fingerprint density at radius 1 is 1.44 bits per heavy atom. The highest BCUT2D eigenvalue weighted by molar-refractivity contribution is 5.88. The lowest BCUT2D eigenvalue weighted by molar-refractivity contribution is 0.0515. The van der Waals surface area contributed by atoms with E-state index < -0.39 is 5.97 Å². The molecule has 0 fully saturated rings. The number of hydrogen-bond acceptors (Lipinski definition) is 5. The van der Waals surface area contributed by atoms with Crippen molar-refractivity contribution in [3.8, 4) is 5.82 Å². The normalized spacial score (nSPS) is 10.4. The smallest absolute Gasteiger partial charge is 0.357 e. The maximum atomic E-state index is 11.8. The van der Waals surface area contributed by atoms with E-state index in [1.807, 2.05) is 6.92 Å². The number of aromatic nitrogens is 4. The zero-order valence-electron chi connectivity index (χ0n) is 10.5. The summed E-state index contributed by atoms with van der Waals surface area (Å²) in [6, 6.07) is 3.37. The van der Waals surface area contributed by atoms with E-state index in [2.05, 4.69) is 15.1 Å². The summed E-state index contributed by atoms with van der Waals surface area (Å²) < 4.78 is 6.46. The second-order valence-corrected chi connectivity index (χ2v) is 3.77. The molecule has 2 heterocycles. The number of hydrogen-bond donors (Lipinski definition) is 0. The molecule has 0 aliphatic carbocycles. The van der Waals surface area contributed by atoms with Gasteiger partial charge in [-0.25, -0.2) is 19.4 Å². The Labute approximate surface area is 105 Å². The van der Waals surface area contributed by atoms with Crippen LogP contribution in [0.3, 0.4) is 0 Å². The Bertz CT molecular complexity index is 577. The highest BCUT2D eigenvalue weighted by Crippen LogP contribution is 2.11. The summed E-state index contributed by atoms with van der Waals surface area (Å²) in [4.78, 5) is 20.1. The fourth-order valence-corrected chi connectivity index (χ4v) is 1.59. The van der Waals surface area contributed by atoms with Crippen molar-refractivity contribution in [1.29, 1.82) is 0 Å². The maximum absolute atomic E-state index is 11.8. The first-order valence-electron chi connectivity index (χ1n) is 5.65. The van der Waals surface area contributed by atoms with Gasteiger partial charge in [-0.15, -0.1) is 0 Å². The molecule has 6 heteroatoms. The Morgan fingerprint density at radius 2 is 2.22 bits per heavy atom. The lowest BCUT2D eigenvalue weighted by Crippen LogP contribution is -2.13. The summed E-state index contributed by atoms with van der Waals surface area (Å²) in [5.74, 6) is 0.767. The van der Waals surface area contributed by atoms with Gasteiger partial charge in [-0.3, -0.25) is 0 Å². The van der Waals surface area contributed by atoms with E-state index in [4.69, 9.17) is 4.74 Å². The summed E-state index contributed by atoms with van der Waals surface area (Å²) in [5, 5.41) is 4.25. The van der Waals surface area contributed by atoms with Gasteiger partial charge in [-0.05, 0) is 26.8 Å². The number of carbonyl (C=O) groups is 1. The van der Waals surface area contributed by atoms with Crippen molar-refractivity contribution in [3.63, 3.8) is 0 Å². The minimum absolute atomic E-state index is 0.325. The molecule has 2 aromatic rings. The summed E-state index contributed by atoms with van der Waals surface area (Å²) in [6.07, 6.45) is 1.63. The Morgan fingerprint density at radius 3 is 2.89 bits per heavy atom. The fraction of sp³-hybridized carbons (Fsp3) is 0.333. The molecular weight excluding hydrogens is 232 g/mol. The van der Waals surface area contributed by atoms with Crippen LogP contribution in [0, 0.1) is 13.8 Å². The van der Waals surface area contributed by atoms with Gasteiger partial charge in [-0.2, -0.15) is 5.10 Å². The van der Waals surface area contributed by atoms with Crippen molar-refractivity contribution in [2.24, 2.45) is 0 Å². The molecule has 0 N–H and O–H groups in total. The number of ether oxygens (including phenoxy) is 1. The van der Waals surface area contributed by atoms with Crippen LogP contribution in [0.2, 0.25) is 0 Å². The van der Waals surface area contributed by atoms with E-state index >= 15 is 0 Å². The minimum atomic E-state index is -0.408. The van der Waals surface area contributed by atoms with Crippen LogP contribution in [0.4, 0.5) is 0 Å². The molecule has 0 bridgehead atoms. The van der Waals surface area contributed by atoms with E-state index in [0.717, 1.165) is 5.69 Å². The molecule has 18 heavy (non-hydrogen) atoms. The van der Waals surface area contributed by atoms with E-state index in [1.54, 1.807) is 32.2 Å². The van der Waals surface area contributed by atoms with Crippen LogP contribution >= 0.6 is 0 Å². The summed E-state index contributed by atoms with van der Waals surface area (Å²) >= 11 is 0. The Balaban J connectivity index is 2.47. The third-order valence-corrected chi connectivity index (χ3v) is 2.29. The third kappa shape index (κ3) is 2.37. The molecule has 0 unspecified atom stereocenters. The zero-order valence-corrected chi connectivity index (χ0v) is 10.5. The summed E-state index contributed by atoms with van der Waals surface area (Å²) in [5.41, 5.74) is 1.10. The van der Waals surface area contributed by atoms with Crippen molar-refractivity contribution in [2.45, 2.75) is 20.8 Å². The quantitative estimate of drug-likeness (QED) is 0.767. The summed E-state index contributed by atoms with van der Waals surface area (Å²) in [7, 11) is 0. The Kier molecular flexibility index (Phi) is 3.36. The van der Waals surface area contributed by atoms with Crippen LogP contribution in [-0.4, -0.2) is 32.3 Å². The van der Waals surface area contributed by atoms with Crippen LogP contribution in [0.15, 0.2) is 18.3 Å². The molecule has 0 saturated carbocycles. The predicted octanol–water partition coefficient (Wildman–Crippen LogP) is 1.46. The number of carbonyl (C=O) groups excluding carboxylic acids is 1. The van der Waals surface area contributed by atoms with Crippen molar-refractivity contribution in [2.75, 3.05) is 6.61 Å². The minimum Gasteiger partial charge on any atom is -0.461 e. The van der Waals surface area contributed by atoms with Crippen LogP contribution in [-0.2, 0) is 4.74 Å². The highest BCUT2D eigenvalue weighted by atomic mass is 16.5. The fourth-order valence-electron chi connectivity index (χ4n) is 1.59. The van der Waals surface area contributed by atoms with Crippen molar-refractivity contribution in [1.82, 2.24) is 19.7 Å². The van der Waals surface area contributed by atoms with Gasteiger partial charge in [0.1, 0.15) is 5.82 Å². The lowest BCUT2D eigenvalue weighted by Gasteiger charge is -2.06. The molecule has 0 aliphatic rings. The molecule has 0 radical (unpaired) electrons. The van der Waals surface area contributed by atoms with Crippen LogP contribution in [0.25, 0.3) is 5.82 Å². The standard InChI is InChI=1S/C12H14N4O2/c1-4-18-12(17)10-7-8(2)15-16(10)11-5-6-13-9(3)14-11/h5-7H,4H2,1-3H3. The van der Waals surface area contributed by atoms with E-state index in [9.17, 15) is 4.79 Å². The molecule has 2 rings (SSSR count). The molecule has 0 aromatic carbocycles. The molecule has 2 aromatic heterocycles. The van der Waals surface area contributed by atoms with Gasteiger partial charge in [0.2, 0.25) is 0 Å². The van der Waals surface area contributed by atoms with Gasteiger partial charge in [0.15, 0.2) is 11.5 Å². The summed E-state index contributed by atoms with van der Waals surface area (Å²) in [6.45, 7) is 5.68. The Hall–Kier alpha value is -2.24. The monoisotopic (exact) mass is 246 g/mol. The largest absolute Gasteiger partial charge is 0.461 e. The molecule has 0 aliphatic heterocycles. The number of nitrogens with zero attached hydrogens (tertiary/aromatic N) is 4. The lowest BCUT2D eigenvalue weighted by atomic mass is 10.3. The molecule has 94 valence electrons.